The number of carbonyl (C=O) groups excluding carboxylic acids is 2. The van der Waals surface area contributed by atoms with E-state index in [1.165, 1.54) is 24.8 Å². The fourth-order valence-electron chi connectivity index (χ4n) is 6.67. The average molecular weight is 379 g/mol. The summed E-state index contributed by atoms with van der Waals surface area (Å²) >= 11 is 0. The molecule has 2 amide bonds. The monoisotopic (exact) mass is 378 g/mol. The molecule has 148 valence electrons. The minimum Gasteiger partial charge on any atom is -0.356 e. The van der Waals surface area contributed by atoms with E-state index in [2.05, 4.69) is 23.3 Å². The number of carbonyl (C=O) groups is 2. The van der Waals surface area contributed by atoms with Gasteiger partial charge in [0.25, 0.3) is 5.91 Å². The van der Waals surface area contributed by atoms with E-state index in [-0.39, 0.29) is 23.1 Å². The van der Waals surface area contributed by atoms with Gasteiger partial charge in [0.2, 0.25) is 5.91 Å². The van der Waals surface area contributed by atoms with Gasteiger partial charge in [-0.2, -0.15) is 0 Å². The molecule has 1 atom stereocenters. The van der Waals surface area contributed by atoms with Crippen molar-refractivity contribution in [2.75, 3.05) is 6.54 Å². The van der Waals surface area contributed by atoms with Crippen LogP contribution in [0.5, 0.6) is 0 Å². The van der Waals surface area contributed by atoms with Gasteiger partial charge >= 0.3 is 0 Å². The van der Waals surface area contributed by atoms with Crippen molar-refractivity contribution in [2.24, 2.45) is 34.1 Å². The van der Waals surface area contributed by atoms with Gasteiger partial charge in [-0.15, -0.1) is 0 Å². The number of fused-ring (bicyclic) bond motifs is 1. The molecule has 4 fully saturated rings. The number of nitrogens with zero attached hydrogens (tertiary/aromatic N) is 1. The Hall–Kier alpha value is -1.97. The van der Waals surface area contributed by atoms with Gasteiger partial charge in [-0.1, -0.05) is 6.08 Å². The molecule has 4 saturated carbocycles. The van der Waals surface area contributed by atoms with Gasteiger partial charge in [0.15, 0.2) is 0 Å². The molecule has 0 spiro atoms. The number of nitrogens with one attached hydrogen (secondary N) is 1. The third-order valence-corrected chi connectivity index (χ3v) is 7.83. The number of benzene rings is 1. The molecule has 5 aliphatic rings. The minimum atomic E-state index is -0.230. The van der Waals surface area contributed by atoms with E-state index in [4.69, 9.17) is 0 Å². The summed E-state index contributed by atoms with van der Waals surface area (Å²) in [6.45, 7) is 4.69. The van der Waals surface area contributed by atoms with Crippen molar-refractivity contribution in [2.45, 2.75) is 58.8 Å². The molecule has 1 heterocycles. The van der Waals surface area contributed by atoms with E-state index in [0.29, 0.717) is 13.0 Å². The highest BCUT2D eigenvalue weighted by Gasteiger charge is 2.54. The first-order chi connectivity index (χ1) is 13.4. The lowest BCUT2D eigenvalue weighted by Crippen LogP contribution is -2.53. The molecule has 1 aromatic rings. The molecule has 6 rings (SSSR count). The highest BCUT2D eigenvalue weighted by Crippen LogP contribution is 2.60. The van der Waals surface area contributed by atoms with Gasteiger partial charge < -0.3 is 5.32 Å². The smallest absolute Gasteiger partial charge is 0.253 e. The fraction of sp³-hybridized carbons (Fsp3) is 0.625. The summed E-state index contributed by atoms with van der Waals surface area (Å²) in [4.78, 5) is 29.8. The SMILES string of the molecule is Cc1cc2c(cc1C)=NC(=O)C(CCNC(=O)C13CC4CC(CC(C4)C1)C3)C=2. The van der Waals surface area contributed by atoms with Gasteiger partial charge in [-0.25, -0.2) is 4.99 Å². The van der Waals surface area contributed by atoms with E-state index >= 15 is 0 Å². The highest BCUT2D eigenvalue weighted by atomic mass is 16.2. The van der Waals surface area contributed by atoms with Crippen LogP contribution in [0, 0.1) is 42.9 Å². The average Bonchev–Trinajstić information content (AvgIpc) is 2.62. The zero-order valence-corrected chi connectivity index (χ0v) is 17.0. The molecule has 4 bridgehead atoms. The van der Waals surface area contributed by atoms with Crippen molar-refractivity contribution in [1.82, 2.24) is 5.32 Å². The van der Waals surface area contributed by atoms with Gasteiger partial charge in [0.1, 0.15) is 0 Å². The van der Waals surface area contributed by atoms with Crippen LogP contribution in [-0.2, 0) is 9.59 Å². The van der Waals surface area contributed by atoms with Crippen LogP contribution in [0.1, 0.15) is 56.1 Å². The normalized spacial score (nSPS) is 35.1. The topological polar surface area (TPSA) is 58.5 Å². The fourth-order valence-corrected chi connectivity index (χ4v) is 6.67. The maximum atomic E-state index is 13.1. The third kappa shape index (κ3) is 3.01. The van der Waals surface area contributed by atoms with E-state index in [9.17, 15) is 9.59 Å². The van der Waals surface area contributed by atoms with Crippen LogP contribution in [0.25, 0.3) is 6.08 Å². The summed E-state index contributed by atoms with van der Waals surface area (Å²) in [5.41, 5.74) is 2.26. The lowest BCUT2D eigenvalue weighted by atomic mass is 9.49. The van der Waals surface area contributed by atoms with Crippen LogP contribution in [0.4, 0.5) is 0 Å². The molecule has 1 aromatic carbocycles. The zero-order valence-electron chi connectivity index (χ0n) is 17.0. The van der Waals surface area contributed by atoms with Crippen LogP contribution in [-0.4, -0.2) is 18.4 Å². The van der Waals surface area contributed by atoms with Crippen molar-refractivity contribution in [3.63, 3.8) is 0 Å². The summed E-state index contributed by atoms with van der Waals surface area (Å²) in [5.74, 6) is 2.25. The third-order valence-electron chi connectivity index (χ3n) is 7.83. The van der Waals surface area contributed by atoms with Crippen molar-refractivity contribution in [3.05, 3.63) is 33.8 Å². The zero-order chi connectivity index (χ0) is 19.5. The Morgan fingerprint density at radius 3 is 2.32 bits per heavy atom. The molecule has 4 aliphatic carbocycles. The maximum Gasteiger partial charge on any atom is 0.253 e. The summed E-state index contributed by atoms with van der Waals surface area (Å²) in [6.07, 6.45) is 9.95. The van der Waals surface area contributed by atoms with Crippen LogP contribution in [0.3, 0.4) is 0 Å². The molecule has 1 N–H and O–H groups in total. The Morgan fingerprint density at radius 2 is 1.68 bits per heavy atom. The second-order valence-electron chi connectivity index (χ2n) is 9.96. The second-order valence-corrected chi connectivity index (χ2v) is 9.96. The molecule has 1 aliphatic heterocycles. The number of rotatable bonds is 4. The Labute approximate surface area is 166 Å². The Kier molecular flexibility index (Phi) is 4.22. The number of aryl methyl sites for hydroxylation is 2. The van der Waals surface area contributed by atoms with Crippen molar-refractivity contribution in [3.8, 4) is 0 Å². The number of hydrogen-bond donors (Lipinski definition) is 1. The van der Waals surface area contributed by atoms with Gasteiger partial charge in [-0.3, -0.25) is 9.59 Å². The number of amides is 2. The Morgan fingerprint density at radius 1 is 1.07 bits per heavy atom. The molecule has 4 nitrogen and oxygen atoms in total. The van der Waals surface area contributed by atoms with Crippen LogP contribution in [0.2, 0.25) is 0 Å². The lowest BCUT2D eigenvalue weighted by molar-refractivity contribution is -0.146. The predicted molar refractivity (Wildman–Crippen MR) is 108 cm³/mol. The van der Waals surface area contributed by atoms with Crippen LogP contribution >= 0.6 is 0 Å². The van der Waals surface area contributed by atoms with Crippen LogP contribution < -0.4 is 15.9 Å². The molecular weight excluding hydrogens is 348 g/mol. The molecule has 4 heteroatoms. The Balaban J connectivity index is 1.25. The van der Waals surface area contributed by atoms with E-state index in [1.54, 1.807) is 0 Å². The maximum absolute atomic E-state index is 13.1. The molecule has 0 aromatic heterocycles. The molecule has 1 unspecified atom stereocenters. The van der Waals surface area contributed by atoms with E-state index in [0.717, 1.165) is 53.2 Å². The van der Waals surface area contributed by atoms with Crippen molar-refractivity contribution >= 4 is 17.9 Å². The molecule has 0 saturated heterocycles. The molecular formula is C24H30N2O2. The van der Waals surface area contributed by atoms with Crippen molar-refractivity contribution < 1.29 is 9.59 Å². The summed E-state index contributed by atoms with van der Waals surface area (Å²) in [7, 11) is 0. The predicted octanol–water partition coefficient (Wildman–Crippen LogP) is 2.58. The lowest BCUT2D eigenvalue weighted by Gasteiger charge is -2.55. The van der Waals surface area contributed by atoms with Crippen LogP contribution in [0.15, 0.2) is 17.1 Å². The highest BCUT2D eigenvalue weighted by molar-refractivity contribution is 5.86. The molecule has 0 radical (unpaired) electrons. The summed E-state index contributed by atoms with van der Waals surface area (Å²) in [6, 6.07) is 4.10. The Bertz CT molecular complexity index is 926. The second kappa shape index (κ2) is 6.53. The van der Waals surface area contributed by atoms with Gasteiger partial charge in [-0.05, 0) is 105 Å². The minimum absolute atomic E-state index is 0.0835. The summed E-state index contributed by atoms with van der Waals surface area (Å²) < 4.78 is 0. The largest absolute Gasteiger partial charge is 0.356 e. The molecule has 28 heavy (non-hydrogen) atoms. The van der Waals surface area contributed by atoms with E-state index in [1.807, 2.05) is 19.1 Å². The quantitative estimate of drug-likeness (QED) is 0.875. The van der Waals surface area contributed by atoms with Gasteiger partial charge in [0.05, 0.1) is 11.3 Å². The summed E-state index contributed by atoms with van der Waals surface area (Å²) in [5, 5.41) is 5.02. The van der Waals surface area contributed by atoms with Crippen molar-refractivity contribution in [1.29, 1.82) is 0 Å². The standard InChI is InChI=1S/C24H30N2O2/c1-14-5-20-10-19(22(27)26-21(20)6-15(14)2)3-4-25-23(28)24-11-16-7-17(12-24)9-18(8-16)13-24/h5-6,10,16-19H,3-4,7-9,11-13H2,1-2H3,(H,25,28). The first-order valence-electron chi connectivity index (χ1n) is 10.9. The van der Waals surface area contributed by atoms with E-state index < -0.39 is 0 Å². The number of hydrogen-bond acceptors (Lipinski definition) is 2. The van der Waals surface area contributed by atoms with Gasteiger partial charge in [0, 0.05) is 12.0 Å². The first-order valence-corrected chi connectivity index (χ1v) is 10.9. The first kappa shape index (κ1) is 18.1.